The van der Waals surface area contributed by atoms with Gasteiger partial charge in [-0.1, -0.05) is 30.0 Å². The van der Waals surface area contributed by atoms with Crippen LogP contribution >= 0.6 is 11.8 Å². The molecule has 3 rings (SSSR count). The summed E-state index contributed by atoms with van der Waals surface area (Å²) in [6, 6.07) is 5.96. The highest BCUT2D eigenvalue weighted by molar-refractivity contribution is 8.00. The molecule has 1 aromatic heterocycles. The Bertz CT molecular complexity index is 947. The first kappa shape index (κ1) is 19.6. The quantitative estimate of drug-likeness (QED) is 0.523. The molecule has 1 aromatic carbocycles. The molecule has 0 unspecified atom stereocenters. The normalized spacial score (nSPS) is 19.7. The Labute approximate surface area is 160 Å². The lowest BCUT2D eigenvalue weighted by Gasteiger charge is -2.15. The molecule has 2 heterocycles. The molecular weight excluding hydrogens is 393 g/mol. The number of thioether (sulfide) groups is 1. The highest BCUT2D eigenvalue weighted by Gasteiger charge is 2.30. The van der Waals surface area contributed by atoms with Crippen molar-refractivity contribution in [3.8, 4) is 0 Å². The summed E-state index contributed by atoms with van der Waals surface area (Å²) in [5, 5.41) is 10.5. The summed E-state index contributed by atoms with van der Waals surface area (Å²) in [6.45, 7) is 1.68. The number of aromatic nitrogens is 3. The molecular formula is C16H20FN5O3S2. The van der Waals surface area contributed by atoms with Crippen molar-refractivity contribution in [2.45, 2.75) is 36.2 Å². The second-order valence-electron chi connectivity index (χ2n) is 6.41. The summed E-state index contributed by atoms with van der Waals surface area (Å²) in [7, 11) is -3.06. The fourth-order valence-electron chi connectivity index (χ4n) is 2.76. The number of nitrogens with two attached hydrogens (primary N) is 1. The minimum absolute atomic E-state index is 0.0318. The van der Waals surface area contributed by atoms with Crippen LogP contribution in [0.1, 0.15) is 24.7 Å². The third-order valence-electron chi connectivity index (χ3n) is 4.27. The zero-order chi connectivity index (χ0) is 19.6. The molecule has 1 aliphatic rings. The lowest BCUT2D eigenvalue weighted by atomic mass is 10.1. The van der Waals surface area contributed by atoms with E-state index in [1.807, 2.05) is 0 Å². The average molecular weight is 414 g/mol. The van der Waals surface area contributed by atoms with Gasteiger partial charge in [0, 0.05) is 12.5 Å². The Kier molecular flexibility index (Phi) is 5.70. The number of carbonyl (C=O) groups excluding carboxylic acids is 1. The highest BCUT2D eigenvalue weighted by atomic mass is 32.2. The topological polar surface area (TPSA) is 120 Å². The van der Waals surface area contributed by atoms with Crippen molar-refractivity contribution in [1.82, 2.24) is 20.2 Å². The van der Waals surface area contributed by atoms with E-state index in [9.17, 15) is 17.6 Å². The van der Waals surface area contributed by atoms with E-state index in [2.05, 4.69) is 15.5 Å². The lowest BCUT2D eigenvalue weighted by Crippen LogP contribution is -2.40. The first-order valence-corrected chi connectivity index (χ1v) is 11.1. The summed E-state index contributed by atoms with van der Waals surface area (Å²) in [5.74, 6) is 5.78. The van der Waals surface area contributed by atoms with Crippen molar-refractivity contribution in [3.05, 3.63) is 41.5 Å². The van der Waals surface area contributed by atoms with Gasteiger partial charge in [-0.05, 0) is 25.0 Å². The second kappa shape index (κ2) is 7.85. The number of nitrogens with zero attached hydrogens (tertiary/aromatic N) is 3. The number of sulfone groups is 1. The number of halogens is 1. The predicted octanol–water partition coefficient (Wildman–Crippen LogP) is 0.506. The van der Waals surface area contributed by atoms with Crippen LogP contribution in [0.4, 0.5) is 4.39 Å². The first-order chi connectivity index (χ1) is 12.7. The van der Waals surface area contributed by atoms with Crippen molar-refractivity contribution in [3.63, 3.8) is 0 Å². The van der Waals surface area contributed by atoms with Crippen LogP contribution in [-0.2, 0) is 21.1 Å². The van der Waals surface area contributed by atoms with E-state index in [-0.39, 0.29) is 35.7 Å². The first-order valence-electron chi connectivity index (χ1n) is 8.35. The van der Waals surface area contributed by atoms with Crippen molar-refractivity contribution >= 4 is 27.5 Å². The van der Waals surface area contributed by atoms with E-state index in [0.717, 1.165) is 11.8 Å². The third kappa shape index (κ3) is 4.78. The predicted molar refractivity (Wildman–Crippen MR) is 99.9 cm³/mol. The van der Waals surface area contributed by atoms with Gasteiger partial charge in [-0.25, -0.2) is 17.5 Å². The molecule has 3 N–H and O–H groups in total. The number of amides is 1. The SMILES string of the molecule is C[C@@H](Sc1nnc(Cc2ccccc2F)n1N)C(=O)N[C@H]1CCS(=O)(=O)C1. The molecule has 0 bridgehead atoms. The summed E-state index contributed by atoms with van der Waals surface area (Å²) in [4.78, 5) is 12.3. The molecule has 1 fully saturated rings. The molecule has 11 heteroatoms. The molecule has 146 valence electrons. The Morgan fingerprint density at radius 2 is 2.19 bits per heavy atom. The number of hydrogen-bond acceptors (Lipinski definition) is 7. The molecule has 0 radical (unpaired) electrons. The number of rotatable bonds is 6. The molecule has 2 atom stereocenters. The van der Waals surface area contributed by atoms with Gasteiger partial charge in [0.1, 0.15) is 5.82 Å². The molecule has 0 spiro atoms. The molecule has 27 heavy (non-hydrogen) atoms. The fraction of sp³-hybridized carbons (Fsp3) is 0.438. The van der Waals surface area contributed by atoms with Gasteiger partial charge in [0.15, 0.2) is 15.7 Å². The molecule has 1 amide bonds. The smallest absolute Gasteiger partial charge is 0.233 e. The number of benzene rings is 1. The highest BCUT2D eigenvalue weighted by Crippen LogP contribution is 2.22. The number of hydrogen-bond donors (Lipinski definition) is 2. The van der Waals surface area contributed by atoms with Crippen molar-refractivity contribution < 1.29 is 17.6 Å². The lowest BCUT2D eigenvalue weighted by molar-refractivity contribution is -0.120. The Balaban J connectivity index is 1.61. The zero-order valence-corrected chi connectivity index (χ0v) is 16.3. The minimum atomic E-state index is -3.06. The monoisotopic (exact) mass is 413 g/mol. The van der Waals surface area contributed by atoms with Gasteiger partial charge in [0.2, 0.25) is 11.1 Å². The average Bonchev–Trinajstić information content (AvgIpc) is 3.12. The Morgan fingerprint density at radius 3 is 2.85 bits per heavy atom. The molecule has 0 saturated carbocycles. The van der Waals surface area contributed by atoms with E-state index in [4.69, 9.17) is 5.84 Å². The van der Waals surface area contributed by atoms with Crippen LogP contribution in [0, 0.1) is 5.82 Å². The van der Waals surface area contributed by atoms with Crippen LogP contribution in [0.5, 0.6) is 0 Å². The Hall–Kier alpha value is -2.14. The Morgan fingerprint density at radius 1 is 1.44 bits per heavy atom. The number of nitrogens with one attached hydrogen (secondary N) is 1. The van der Waals surface area contributed by atoms with E-state index < -0.39 is 15.1 Å². The molecule has 0 aliphatic carbocycles. The molecule has 1 aliphatic heterocycles. The fourth-order valence-corrected chi connectivity index (χ4v) is 5.23. The van der Waals surface area contributed by atoms with Crippen molar-refractivity contribution in [2.75, 3.05) is 17.3 Å². The van der Waals surface area contributed by atoms with Crippen molar-refractivity contribution in [2.24, 2.45) is 0 Å². The van der Waals surface area contributed by atoms with Crippen LogP contribution in [0.25, 0.3) is 0 Å². The van der Waals surface area contributed by atoms with Gasteiger partial charge >= 0.3 is 0 Å². The maximum absolute atomic E-state index is 13.8. The van der Waals surface area contributed by atoms with Gasteiger partial charge in [0.25, 0.3) is 0 Å². The van der Waals surface area contributed by atoms with Crippen LogP contribution in [0.2, 0.25) is 0 Å². The number of nitrogen functional groups attached to an aromatic ring is 1. The zero-order valence-electron chi connectivity index (χ0n) is 14.6. The summed E-state index contributed by atoms with van der Waals surface area (Å²) in [6.07, 6.45) is 0.600. The molecule has 1 saturated heterocycles. The third-order valence-corrected chi connectivity index (χ3v) is 7.10. The van der Waals surface area contributed by atoms with E-state index >= 15 is 0 Å². The van der Waals surface area contributed by atoms with E-state index in [1.165, 1.54) is 10.7 Å². The maximum Gasteiger partial charge on any atom is 0.233 e. The minimum Gasteiger partial charge on any atom is -0.351 e. The number of carbonyl (C=O) groups is 1. The summed E-state index contributed by atoms with van der Waals surface area (Å²) >= 11 is 1.11. The molecule has 8 nitrogen and oxygen atoms in total. The second-order valence-corrected chi connectivity index (χ2v) is 9.94. The largest absolute Gasteiger partial charge is 0.351 e. The van der Waals surface area contributed by atoms with Crippen molar-refractivity contribution in [1.29, 1.82) is 0 Å². The van der Waals surface area contributed by atoms with Gasteiger partial charge in [-0.3, -0.25) is 4.79 Å². The molecule has 2 aromatic rings. The van der Waals surface area contributed by atoms with Crippen LogP contribution in [0.15, 0.2) is 29.4 Å². The summed E-state index contributed by atoms with van der Waals surface area (Å²) < 4.78 is 38.0. The van der Waals surface area contributed by atoms with Gasteiger partial charge in [0.05, 0.1) is 16.8 Å². The van der Waals surface area contributed by atoms with Crippen LogP contribution < -0.4 is 11.2 Å². The van der Waals surface area contributed by atoms with Gasteiger partial charge < -0.3 is 11.2 Å². The van der Waals surface area contributed by atoms with E-state index in [0.29, 0.717) is 23.0 Å². The van der Waals surface area contributed by atoms with E-state index in [1.54, 1.807) is 25.1 Å². The standard InChI is InChI=1S/C16H20FN5O3S2/c1-10(15(23)19-12-6-7-27(24,25)9-12)26-16-21-20-14(22(16)18)8-11-4-2-3-5-13(11)17/h2-5,10,12H,6-9,18H2,1H3,(H,19,23)/t10-,12+/m1/s1. The van der Waals surface area contributed by atoms with Gasteiger partial charge in [-0.2, -0.15) is 0 Å². The van der Waals surface area contributed by atoms with Crippen LogP contribution in [0.3, 0.4) is 0 Å². The van der Waals surface area contributed by atoms with Crippen LogP contribution in [-0.4, -0.2) is 52.0 Å². The maximum atomic E-state index is 13.8. The van der Waals surface area contributed by atoms with Gasteiger partial charge in [-0.15, -0.1) is 10.2 Å². The summed E-state index contributed by atoms with van der Waals surface area (Å²) in [5.41, 5.74) is 0.446.